The van der Waals surface area contributed by atoms with Gasteiger partial charge in [0.25, 0.3) is 0 Å². The van der Waals surface area contributed by atoms with Crippen molar-refractivity contribution in [3.63, 3.8) is 0 Å². The summed E-state index contributed by atoms with van der Waals surface area (Å²) in [6.07, 6.45) is 6.17. The van der Waals surface area contributed by atoms with Crippen LogP contribution in [0.3, 0.4) is 0 Å². The zero-order valence-corrected chi connectivity index (χ0v) is 19.6. The van der Waals surface area contributed by atoms with Crippen LogP contribution in [0.5, 0.6) is 11.5 Å². The molecule has 30 heavy (non-hydrogen) atoms. The number of benzene rings is 2. The molecule has 0 saturated carbocycles. The summed E-state index contributed by atoms with van der Waals surface area (Å²) in [5.74, 6) is 3.47. The van der Waals surface area contributed by atoms with Gasteiger partial charge in [-0.3, -0.25) is 0 Å². The third-order valence-electron chi connectivity index (χ3n) is 4.96. The lowest BCUT2D eigenvalue weighted by Crippen LogP contribution is -2.04. The van der Waals surface area contributed by atoms with Gasteiger partial charge >= 0.3 is 0 Å². The van der Waals surface area contributed by atoms with E-state index in [1.807, 2.05) is 0 Å². The molecule has 0 amide bonds. The number of aryl methyl sites for hydroxylation is 1. The number of para-hydroxylation sites is 1. The van der Waals surface area contributed by atoms with Crippen LogP contribution in [0, 0.1) is 5.92 Å². The van der Waals surface area contributed by atoms with Crippen molar-refractivity contribution in [3.05, 3.63) is 82.6 Å². The molecule has 2 rings (SSSR count). The van der Waals surface area contributed by atoms with Gasteiger partial charge in [-0.2, -0.15) is 0 Å². The maximum atomic E-state index is 6.45. The lowest BCUT2D eigenvalue weighted by Gasteiger charge is -2.17. The van der Waals surface area contributed by atoms with Gasteiger partial charge in [0.2, 0.25) is 0 Å². The van der Waals surface area contributed by atoms with E-state index in [2.05, 4.69) is 96.1 Å². The largest absolute Gasteiger partial charge is 0.494 e. The number of hydrogen-bond donors (Lipinski definition) is 0. The van der Waals surface area contributed by atoms with E-state index in [0.29, 0.717) is 5.92 Å². The van der Waals surface area contributed by atoms with Crippen molar-refractivity contribution < 1.29 is 9.47 Å². The van der Waals surface area contributed by atoms with Crippen molar-refractivity contribution in [2.75, 3.05) is 6.61 Å². The highest BCUT2D eigenvalue weighted by molar-refractivity contribution is 5.36. The Morgan fingerprint density at radius 3 is 2.30 bits per heavy atom. The zero-order chi connectivity index (χ0) is 21.9. The summed E-state index contributed by atoms with van der Waals surface area (Å²) in [7, 11) is 0. The first-order valence-electron chi connectivity index (χ1n) is 11.2. The standard InChI is InChI=1S/C28H38O2/c1-7-18-29-26-15-12-24(13-16-26)14-17-27(22(4)5)30-28-11-9-8-10-25(28)20-23(6)19-21(2)3/h8-13,15-16,19,23H,7,14,17-18,20H2,1-6H3. The van der Waals surface area contributed by atoms with Crippen LogP contribution in [0.1, 0.15) is 65.5 Å². The SMILES string of the molecule is CCCOc1ccc(CCC(Oc2ccccc2CC(C)C=C(C)C)=C(C)C)cc1. The molecule has 0 aliphatic heterocycles. The topological polar surface area (TPSA) is 18.5 Å². The Bertz CT molecular complexity index is 835. The summed E-state index contributed by atoms with van der Waals surface area (Å²) in [4.78, 5) is 0. The zero-order valence-electron chi connectivity index (χ0n) is 19.6. The highest BCUT2D eigenvalue weighted by atomic mass is 16.5. The molecule has 0 saturated heterocycles. The Kier molecular flexibility index (Phi) is 9.73. The molecule has 162 valence electrons. The summed E-state index contributed by atoms with van der Waals surface area (Å²) >= 11 is 0. The van der Waals surface area contributed by atoms with Gasteiger partial charge in [-0.25, -0.2) is 0 Å². The van der Waals surface area contributed by atoms with Crippen LogP contribution in [-0.2, 0) is 12.8 Å². The average molecular weight is 407 g/mol. The highest BCUT2D eigenvalue weighted by Gasteiger charge is 2.11. The summed E-state index contributed by atoms with van der Waals surface area (Å²) in [5.41, 5.74) is 5.15. The third-order valence-corrected chi connectivity index (χ3v) is 4.96. The molecule has 2 aromatic rings. The molecule has 0 spiro atoms. The van der Waals surface area contributed by atoms with Crippen LogP contribution in [0.4, 0.5) is 0 Å². The minimum Gasteiger partial charge on any atom is -0.494 e. The van der Waals surface area contributed by atoms with E-state index in [0.717, 1.165) is 49.5 Å². The van der Waals surface area contributed by atoms with Crippen molar-refractivity contribution in [1.29, 1.82) is 0 Å². The molecular weight excluding hydrogens is 368 g/mol. The first kappa shape index (κ1) is 23.8. The monoisotopic (exact) mass is 406 g/mol. The number of hydrogen-bond acceptors (Lipinski definition) is 2. The van der Waals surface area contributed by atoms with Gasteiger partial charge in [-0.15, -0.1) is 0 Å². The molecule has 2 nitrogen and oxygen atoms in total. The maximum absolute atomic E-state index is 6.45. The Balaban J connectivity index is 2.05. The molecule has 0 N–H and O–H groups in total. The molecular formula is C28H38O2. The Labute approximate surface area is 183 Å². The molecule has 0 heterocycles. The molecule has 0 radical (unpaired) electrons. The van der Waals surface area contributed by atoms with Gasteiger partial charge in [-0.05, 0) is 87.8 Å². The molecule has 0 aliphatic rings. The summed E-state index contributed by atoms with van der Waals surface area (Å²) in [6.45, 7) is 13.7. The molecule has 2 aromatic carbocycles. The highest BCUT2D eigenvalue weighted by Crippen LogP contribution is 2.27. The van der Waals surface area contributed by atoms with Crippen molar-refractivity contribution in [2.45, 2.75) is 67.2 Å². The molecule has 0 aliphatic carbocycles. The Morgan fingerprint density at radius 2 is 1.67 bits per heavy atom. The van der Waals surface area contributed by atoms with Gasteiger partial charge in [0.15, 0.2) is 0 Å². The Morgan fingerprint density at radius 1 is 0.967 bits per heavy atom. The number of ether oxygens (including phenoxy) is 2. The van der Waals surface area contributed by atoms with Crippen LogP contribution < -0.4 is 9.47 Å². The fourth-order valence-electron chi connectivity index (χ4n) is 3.51. The molecule has 2 heteroatoms. The van der Waals surface area contributed by atoms with E-state index in [9.17, 15) is 0 Å². The quantitative estimate of drug-likeness (QED) is 0.279. The fraction of sp³-hybridized carbons (Fsp3) is 0.429. The van der Waals surface area contributed by atoms with E-state index >= 15 is 0 Å². The summed E-state index contributed by atoms with van der Waals surface area (Å²) in [5, 5.41) is 0. The molecule has 0 aromatic heterocycles. The smallest absolute Gasteiger partial charge is 0.130 e. The van der Waals surface area contributed by atoms with Gasteiger partial charge in [0.05, 0.1) is 6.61 Å². The minimum atomic E-state index is 0.489. The van der Waals surface area contributed by atoms with Gasteiger partial charge in [-0.1, -0.05) is 55.8 Å². The van der Waals surface area contributed by atoms with Crippen LogP contribution in [0.25, 0.3) is 0 Å². The summed E-state index contributed by atoms with van der Waals surface area (Å²) < 4.78 is 12.1. The molecule has 1 atom stereocenters. The van der Waals surface area contributed by atoms with Crippen molar-refractivity contribution >= 4 is 0 Å². The van der Waals surface area contributed by atoms with E-state index < -0.39 is 0 Å². The maximum Gasteiger partial charge on any atom is 0.130 e. The lowest BCUT2D eigenvalue weighted by atomic mass is 9.98. The van der Waals surface area contributed by atoms with E-state index in [-0.39, 0.29) is 0 Å². The number of rotatable bonds is 11. The summed E-state index contributed by atoms with van der Waals surface area (Å²) in [6, 6.07) is 16.9. The predicted octanol–water partition coefficient (Wildman–Crippen LogP) is 7.93. The van der Waals surface area contributed by atoms with Crippen LogP contribution in [0.2, 0.25) is 0 Å². The van der Waals surface area contributed by atoms with Crippen molar-refractivity contribution in [2.24, 2.45) is 5.92 Å². The molecule has 1 unspecified atom stereocenters. The van der Waals surface area contributed by atoms with E-state index in [4.69, 9.17) is 9.47 Å². The van der Waals surface area contributed by atoms with Gasteiger partial charge in [0.1, 0.15) is 17.3 Å². The van der Waals surface area contributed by atoms with E-state index in [1.165, 1.54) is 22.3 Å². The van der Waals surface area contributed by atoms with Crippen molar-refractivity contribution in [1.82, 2.24) is 0 Å². The van der Waals surface area contributed by atoms with E-state index in [1.54, 1.807) is 0 Å². The third kappa shape index (κ3) is 8.10. The minimum absolute atomic E-state index is 0.489. The predicted molar refractivity (Wildman–Crippen MR) is 128 cm³/mol. The number of allylic oxidation sites excluding steroid dienone is 4. The first-order valence-corrected chi connectivity index (χ1v) is 11.2. The van der Waals surface area contributed by atoms with Crippen molar-refractivity contribution in [3.8, 4) is 11.5 Å². The van der Waals surface area contributed by atoms with Crippen LogP contribution in [-0.4, -0.2) is 6.61 Å². The fourth-order valence-corrected chi connectivity index (χ4v) is 3.51. The second-order valence-corrected chi connectivity index (χ2v) is 8.55. The van der Waals surface area contributed by atoms with Gasteiger partial charge < -0.3 is 9.47 Å². The Hall–Kier alpha value is -2.48. The average Bonchev–Trinajstić information content (AvgIpc) is 2.70. The lowest BCUT2D eigenvalue weighted by molar-refractivity contribution is 0.317. The molecule has 0 fully saturated rings. The van der Waals surface area contributed by atoms with Gasteiger partial charge in [0, 0.05) is 6.42 Å². The van der Waals surface area contributed by atoms with Crippen LogP contribution in [0.15, 0.2) is 71.5 Å². The normalized spacial score (nSPS) is 11.5. The first-order chi connectivity index (χ1) is 14.4. The molecule has 0 bridgehead atoms. The second kappa shape index (κ2) is 12.3. The second-order valence-electron chi connectivity index (χ2n) is 8.55. The van der Waals surface area contributed by atoms with Crippen LogP contribution >= 0.6 is 0 Å².